The van der Waals surface area contributed by atoms with Crippen molar-refractivity contribution < 1.29 is 18.0 Å². The molecule has 0 bridgehead atoms. The standard InChI is InChI=1S/C25H26F3N7O/c1-15(23(29)36)35(14-25(26,27)28)22-12-30-11-21(33-22)20-10-32-24-19(20)8-17(9-31-24)18-7-5-4-6-16(18)13-34(2)3/h4-12,15H,13-14H2,1-3H3,(H2,29,36)(H,31,32)/t15-/m1/s1. The fourth-order valence-electron chi connectivity index (χ4n) is 4.03. The molecule has 0 aliphatic rings. The summed E-state index contributed by atoms with van der Waals surface area (Å²) in [6.07, 6.45) is 1.54. The lowest BCUT2D eigenvalue weighted by atomic mass is 9.99. The fourth-order valence-corrected chi connectivity index (χ4v) is 4.03. The number of aromatic nitrogens is 4. The summed E-state index contributed by atoms with van der Waals surface area (Å²) in [4.78, 5) is 30.7. The molecule has 4 aromatic rings. The van der Waals surface area contributed by atoms with Gasteiger partial charge in [-0.05, 0) is 38.2 Å². The van der Waals surface area contributed by atoms with Gasteiger partial charge in [0.15, 0.2) is 0 Å². The molecule has 1 amide bonds. The normalized spacial score (nSPS) is 12.8. The summed E-state index contributed by atoms with van der Waals surface area (Å²) in [5.41, 5.74) is 9.91. The summed E-state index contributed by atoms with van der Waals surface area (Å²) >= 11 is 0. The Hall–Kier alpha value is -3.99. The lowest BCUT2D eigenvalue weighted by Gasteiger charge is -2.29. The Balaban J connectivity index is 1.78. The molecule has 1 atom stereocenters. The number of rotatable bonds is 8. The van der Waals surface area contributed by atoms with Gasteiger partial charge in [-0.1, -0.05) is 24.3 Å². The number of nitrogens with zero attached hydrogens (tertiary/aromatic N) is 5. The van der Waals surface area contributed by atoms with E-state index in [2.05, 4.69) is 30.9 Å². The highest BCUT2D eigenvalue weighted by Gasteiger charge is 2.35. The number of carbonyl (C=O) groups is 1. The minimum atomic E-state index is -4.57. The summed E-state index contributed by atoms with van der Waals surface area (Å²) in [5.74, 6) is -1.00. The van der Waals surface area contributed by atoms with Crippen LogP contribution in [0.3, 0.4) is 0 Å². The Morgan fingerprint density at radius 3 is 2.58 bits per heavy atom. The molecule has 1 aromatic carbocycles. The van der Waals surface area contributed by atoms with Crippen molar-refractivity contribution in [3.05, 3.63) is 60.7 Å². The molecular weight excluding hydrogens is 471 g/mol. The predicted octanol–water partition coefficient (Wildman–Crippen LogP) is 3.99. The van der Waals surface area contributed by atoms with E-state index in [4.69, 9.17) is 5.73 Å². The third-order valence-corrected chi connectivity index (χ3v) is 5.77. The van der Waals surface area contributed by atoms with Crippen LogP contribution in [0.5, 0.6) is 0 Å². The molecule has 0 aliphatic carbocycles. The van der Waals surface area contributed by atoms with Crippen molar-refractivity contribution >= 4 is 22.8 Å². The van der Waals surface area contributed by atoms with E-state index in [1.54, 1.807) is 12.4 Å². The number of nitrogens with one attached hydrogen (secondary N) is 1. The van der Waals surface area contributed by atoms with Crippen LogP contribution in [0.25, 0.3) is 33.4 Å². The number of amides is 1. The number of hydrogen-bond donors (Lipinski definition) is 2. The molecule has 0 saturated carbocycles. The van der Waals surface area contributed by atoms with Crippen LogP contribution >= 0.6 is 0 Å². The largest absolute Gasteiger partial charge is 0.406 e. The van der Waals surface area contributed by atoms with Crippen LogP contribution in [0.4, 0.5) is 19.0 Å². The summed E-state index contributed by atoms with van der Waals surface area (Å²) in [6.45, 7) is 0.655. The van der Waals surface area contributed by atoms with Gasteiger partial charge in [0.05, 0.1) is 18.1 Å². The molecule has 8 nitrogen and oxygen atoms in total. The Morgan fingerprint density at radius 2 is 1.89 bits per heavy atom. The molecule has 0 spiro atoms. The van der Waals surface area contributed by atoms with Crippen LogP contribution in [0.1, 0.15) is 12.5 Å². The third-order valence-electron chi connectivity index (χ3n) is 5.77. The van der Waals surface area contributed by atoms with Gasteiger partial charge in [0.2, 0.25) is 5.91 Å². The third kappa shape index (κ3) is 5.46. The number of nitrogens with two attached hydrogens (primary N) is 1. The Bertz CT molecular complexity index is 1380. The summed E-state index contributed by atoms with van der Waals surface area (Å²) < 4.78 is 39.8. The Morgan fingerprint density at radius 1 is 1.14 bits per heavy atom. The second kappa shape index (κ2) is 9.94. The van der Waals surface area contributed by atoms with Crippen LogP contribution in [0.15, 0.2) is 55.1 Å². The molecular formula is C25H26F3N7O. The molecule has 3 aromatic heterocycles. The maximum atomic E-state index is 13.3. The van der Waals surface area contributed by atoms with Crippen molar-refractivity contribution in [1.82, 2.24) is 24.8 Å². The van der Waals surface area contributed by atoms with E-state index in [0.29, 0.717) is 16.9 Å². The number of aromatic amines is 1. The molecule has 0 unspecified atom stereocenters. The molecule has 3 heterocycles. The van der Waals surface area contributed by atoms with E-state index in [0.717, 1.165) is 33.5 Å². The summed E-state index contributed by atoms with van der Waals surface area (Å²) in [6, 6.07) is 8.76. The van der Waals surface area contributed by atoms with Gasteiger partial charge >= 0.3 is 6.18 Å². The van der Waals surface area contributed by atoms with Crippen molar-refractivity contribution in [2.45, 2.75) is 25.7 Å². The first kappa shape index (κ1) is 25.1. The van der Waals surface area contributed by atoms with E-state index < -0.39 is 24.7 Å². The Kier molecular flexibility index (Phi) is 6.93. The van der Waals surface area contributed by atoms with Gasteiger partial charge in [-0.3, -0.25) is 9.78 Å². The lowest BCUT2D eigenvalue weighted by molar-refractivity contribution is -0.125. The Labute approximate surface area is 206 Å². The van der Waals surface area contributed by atoms with Gasteiger partial charge in [-0.2, -0.15) is 13.2 Å². The maximum Gasteiger partial charge on any atom is 0.406 e. The average Bonchev–Trinajstić information content (AvgIpc) is 3.25. The first-order valence-electron chi connectivity index (χ1n) is 11.2. The fraction of sp³-hybridized carbons (Fsp3) is 0.280. The van der Waals surface area contributed by atoms with E-state index in [9.17, 15) is 18.0 Å². The SMILES string of the molecule is C[C@H](C(N)=O)N(CC(F)(F)F)c1cncc(-c2c[nH]c3ncc(-c4ccccc4CN(C)C)cc23)n1. The molecule has 4 rings (SSSR count). The molecule has 0 fully saturated rings. The second-order valence-electron chi connectivity index (χ2n) is 8.80. The van der Waals surface area contributed by atoms with Gasteiger partial charge in [-0.25, -0.2) is 9.97 Å². The number of fused-ring (bicyclic) bond motifs is 1. The van der Waals surface area contributed by atoms with E-state index in [1.165, 1.54) is 19.3 Å². The number of halogens is 3. The number of hydrogen-bond acceptors (Lipinski definition) is 6. The average molecular weight is 498 g/mol. The predicted molar refractivity (Wildman–Crippen MR) is 132 cm³/mol. The van der Waals surface area contributed by atoms with Crippen LogP contribution in [-0.2, 0) is 11.3 Å². The highest BCUT2D eigenvalue weighted by atomic mass is 19.4. The smallest absolute Gasteiger partial charge is 0.368 e. The van der Waals surface area contributed by atoms with Crippen LogP contribution < -0.4 is 10.6 Å². The topological polar surface area (TPSA) is 104 Å². The van der Waals surface area contributed by atoms with Gasteiger partial charge in [-0.15, -0.1) is 0 Å². The first-order valence-corrected chi connectivity index (χ1v) is 11.2. The van der Waals surface area contributed by atoms with E-state index in [-0.39, 0.29) is 5.82 Å². The van der Waals surface area contributed by atoms with E-state index in [1.807, 2.05) is 38.4 Å². The summed E-state index contributed by atoms with van der Waals surface area (Å²) in [7, 11) is 3.99. The zero-order chi connectivity index (χ0) is 26.0. The van der Waals surface area contributed by atoms with Crippen molar-refractivity contribution in [3.8, 4) is 22.4 Å². The molecule has 0 saturated heterocycles. The van der Waals surface area contributed by atoms with Crippen molar-refractivity contribution in [2.24, 2.45) is 5.73 Å². The molecule has 0 aliphatic heterocycles. The van der Waals surface area contributed by atoms with Crippen molar-refractivity contribution in [2.75, 3.05) is 25.5 Å². The van der Waals surface area contributed by atoms with Gasteiger partial charge in [0, 0.05) is 35.5 Å². The molecule has 36 heavy (non-hydrogen) atoms. The van der Waals surface area contributed by atoms with Crippen LogP contribution in [0, 0.1) is 0 Å². The van der Waals surface area contributed by atoms with E-state index >= 15 is 0 Å². The quantitative estimate of drug-likeness (QED) is 0.382. The number of benzene rings is 1. The van der Waals surface area contributed by atoms with Crippen LogP contribution in [-0.4, -0.2) is 63.6 Å². The number of H-pyrrole nitrogens is 1. The van der Waals surface area contributed by atoms with Gasteiger partial charge in [0.1, 0.15) is 24.1 Å². The number of pyridine rings is 1. The zero-order valence-electron chi connectivity index (χ0n) is 20.0. The van der Waals surface area contributed by atoms with Gasteiger partial charge < -0.3 is 20.5 Å². The van der Waals surface area contributed by atoms with Crippen molar-refractivity contribution in [1.29, 1.82) is 0 Å². The van der Waals surface area contributed by atoms with Crippen LogP contribution in [0.2, 0.25) is 0 Å². The second-order valence-corrected chi connectivity index (χ2v) is 8.80. The molecule has 188 valence electrons. The first-order chi connectivity index (χ1) is 17.0. The van der Waals surface area contributed by atoms with Gasteiger partial charge in [0.25, 0.3) is 0 Å². The monoisotopic (exact) mass is 497 g/mol. The minimum absolute atomic E-state index is 0.106. The highest BCUT2D eigenvalue weighted by Crippen LogP contribution is 2.32. The summed E-state index contributed by atoms with van der Waals surface area (Å²) in [5, 5.41) is 0.740. The maximum absolute atomic E-state index is 13.3. The number of primary amides is 1. The molecule has 11 heteroatoms. The number of anilines is 1. The molecule has 0 radical (unpaired) electrons. The minimum Gasteiger partial charge on any atom is -0.368 e. The highest BCUT2D eigenvalue weighted by molar-refractivity contribution is 5.95. The molecule has 3 N–H and O–H groups in total. The number of alkyl halides is 3. The van der Waals surface area contributed by atoms with Crippen molar-refractivity contribution in [3.63, 3.8) is 0 Å². The zero-order valence-corrected chi connectivity index (χ0v) is 20.0. The lowest BCUT2D eigenvalue weighted by Crippen LogP contribution is -2.47. The number of carbonyl (C=O) groups excluding carboxylic acids is 1.